The average molecular weight is 289 g/mol. The molecule has 0 unspecified atom stereocenters. The standard InChI is InChI=1S/C16H13ClO3/c1-10(18)15-9-13(17)7-8-14(15)11-3-5-12(6-4-11)16(19)20-2/h3-9H,1-2H3. The highest BCUT2D eigenvalue weighted by Crippen LogP contribution is 2.27. The molecule has 0 bridgehead atoms. The molecule has 0 saturated heterocycles. The van der Waals surface area contributed by atoms with Crippen LogP contribution in [0.2, 0.25) is 5.02 Å². The fourth-order valence-electron chi connectivity index (χ4n) is 1.96. The largest absolute Gasteiger partial charge is 0.465 e. The summed E-state index contributed by atoms with van der Waals surface area (Å²) in [6.07, 6.45) is 0. The summed E-state index contributed by atoms with van der Waals surface area (Å²) in [5.74, 6) is -0.445. The molecule has 20 heavy (non-hydrogen) atoms. The first-order valence-corrected chi connectivity index (χ1v) is 6.40. The lowest BCUT2D eigenvalue weighted by atomic mass is 9.97. The van der Waals surface area contributed by atoms with Crippen LogP contribution in [0.5, 0.6) is 0 Å². The van der Waals surface area contributed by atoms with Crippen molar-refractivity contribution < 1.29 is 14.3 Å². The Hall–Kier alpha value is -2.13. The summed E-state index contributed by atoms with van der Waals surface area (Å²) >= 11 is 5.92. The van der Waals surface area contributed by atoms with Gasteiger partial charge in [-0.25, -0.2) is 4.79 Å². The number of esters is 1. The highest BCUT2D eigenvalue weighted by Gasteiger charge is 2.11. The van der Waals surface area contributed by atoms with E-state index in [2.05, 4.69) is 4.74 Å². The quantitative estimate of drug-likeness (QED) is 0.633. The maximum Gasteiger partial charge on any atom is 0.337 e. The van der Waals surface area contributed by atoms with Crippen molar-refractivity contribution in [2.75, 3.05) is 7.11 Å². The van der Waals surface area contributed by atoms with Gasteiger partial charge in [0.25, 0.3) is 0 Å². The van der Waals surface area contributed by atoms with Gasteiger partial charge in [0.15, 0.2) is 5.78 Å². The molecule has 2 rings (SSSR count). The number of methoxy groups -OCH3 is 1. The number of Topliss-reactive ketones (excluding diaryl/α,β-unsaturated/α-hetero) is 1. The van der Waals surface area contributed by atoms with Gasteiger partial charge in [0, 0.05) is 10.6 Å². The van der Waals surface area contributed by atoms with Gasteiger partial charge in [-0.15, -0.1) is 0 Å². The van der Waals surface area contributed by atoms with E-state index in [1.54, 1.807) is 42.5 Å². The molecule has 0 saturated carbocycles. The monoisotopic (exact) mass is 288 g/mol. The van der Waals surface area contributed by atoms with Crippen LogP contribution in [0.3, 0.4) is 0 Å². The van der Waals surface area contributed by atoms with Gasteiger partial charge < -0.3 is 4.74 Å². The highest BCUT2D eigenvalue weighted by atomic mass is 35.5. The minimum atomic E-state index is -0.389. The third-order valence-corrected chi connectivity index (χ3v) is 3.21. The molecular formula is C16H13ClO3. The number of hydrogen-bond acceptors (Lipinski definition) is 3. The van der Waals surface area contributed by atoms with Gasteiger partial charge in [-0.2, -0.15) is 0 Å². The van der Waals surface area contributed by atoms with E-state index >= 15 is 0 Å². The topological polar surface area (TPSA) is 43.4 Å². The molecule has 0 aliphatic carbocycles. The number of ether oxygens (including phenoxy) is 1. The Morgan fingerprint density at radius 2 is 1.70 bits per heavy atom. The van der Waals surface area contributed by atoms with Gasteiger partial charge in [0.05, 0.1) is 12.7 Å². The second kappa shape index (κ2) is 5.88. The fourth-order valence-corrected chi connectivity index (χ4v) is 2.14. The van der Waals surface area contributed by atoms with Gasteiger partial charge in [0.2, 0.25) is 0 Å². The molecule has 102 valence electrons. The van der Waals surface area contributed by atoms with E-state index in [9.17, 15) is 9.59 Å². The van der Waals surface area contributed by atoms with E-state index in [0.29, 0.717) is 16.1 Å². The Kier molecular flexibility index (Phi) is 4.20. The number of halogens is 1. The summed E-state index contributed by atoms with van der Waals surface area (Å²) in [7, 11) is 1.34. The third-order valence-electron chi connectivity index (χ3n) is 2.98. The molecule has 0 aliphatic heterocycles. The Bertz CT molecular complexity index is 660. The molecule has 0 aliphatic rings. The zero-order valence-corrected chi connectivity index (χ0v) is 11.9. The van der Waals surface area contributed by atoms with Gasteiger partial charge in [0.1, 0.15) is 0 Å². The molecule has 0 amide bonds. The molecule has 0 atom stereocenters. The van der Waals surface area contributed by atoms with E-state index in [0.717, 1.165) is 11.1 Å². The number of carbonyl (C=O) groups excluding carboxylic acids is 2. The Morgan fingerprint density at radius 3 is 2.25 bits per heavy atom. The molecule has 0 aromatic heterocycles. The van der Waals surface area contributed by atoms with Crippen LogP contribution in [0.4, 0.5) is 0 Å². The summed E-state index contributed by atoms with van der Waals surface area (Å²) in [5, 5.41) is 0.519. The zero-order valence-electron chi connectivity index (χ0n) is 11.1. The second-order valence-corrected chi connectivity index (χ2v) is 4.75. The number of rotatable bonds is 3. The van der Waals surface area contributed by atoms with Gasteiger partial charge in [-0.05, 0) is 42.3 Å². The molecule has 0 fully saturated rings. The van der Waals surface area contributed by atoms with Crippen LogP contribution in [0.1, 0.15) is 27.6 Å². The number of benzene rings is 2. The van der Waals surface area contributed by atoms with Crippen molar-refractivity contribution in [2.24, 2.45) is 0 Å². The number of ketones is 1. The van der Waals surface area contributed by atoms with Crippen molar-refractivity contribution in [1.29, 1.82) is 0 Å². The summed E-state index contributed by atoms with van der Waals surface area (Å²) < 4.78 is 4.65. The van der Waals surface area contributed by atoms with Crippen LogP contribution < -0.4 is 0 Å². The van der Waals surface area contributed by atoms with Crippen LogP contribution in [-0.4, -0.2) is 18.9 Å². The summed E-state index contributed by atoms with van der Waals surface area (Å²) in [5.41, 5.74) is 2.66. The molecule has 3 nitrogen and oxygen atoms in total. The van der Waals surface area contributed by atoms with Crippen LogP contribution in [-0.2, 0) is 4.74 Å². The third kappa shape index (κ3) is 2.89. The van der Waals surface area contributed by atoms with Crippen molar-refractivity contribution in [1.82, 2.24) is 0 Å². The molecule has 4 heteroatoms. The molecule has 2 aromatic carbocycles. The van der Waals surface area contributed by atoms with Gasteiger partial charge >= 0.3 is 5.97 Å². The molecule has 0 heterocycles. The first-order chi connectivity index (χ1) is 9.52. The normalized spacial score (nSPS) is 10.2. The van der Waals surface area contributed by atoms with Crippen molar-refractivity contribution >= 4 is 23.4 Å². The second-order valence-electron chi connectivity index (χ2n) is 4.32. The fraction of sp³-hybridized carbons (Fsp3) is 0.125. The lowest BCUT2D eigenvalue weighted by molar-refractivity contribution is 0.0600. The van der Waals surface area contributed by atoms with Crippen molar-refractivity contribution in [3.8, 4) is 11.1 Å². The SMILES string of the molecule is COC(=O)c1ccc(-c2ccc(Cl)cc2C(C)=O)cc1. The summed E-state index contributed by atoms with van der Waals surface area (Å²) in [6.45, 7) is 1.50. The van der Waals surface area contributed by atoms with E-state index in [1.807, 2.05) is 0 Å². The highest BCUT2D eigenvalue weighted by molar-refractivity contribution is 6.31. The lowest BCUT2D eigenvalue weighted by Gasteiger charge is -2.08. The van der Waals surface area contributed by atoms with Crippen molar-refractivity contribution in [3.05, 3.63) is 58.6 Å². The molecule has 0 spiro atoms. The van der Waals surface area contributed by atoms with E-state index in [-0.39, 0.29) is 11.8 Å². The first-order valence-electron chi connectivity index (χ1n) is 6.02. The van der Waals surface area contributed by atoms with E-state index in [4.69, 9.17) is 11.6 Å². The summed E-state index contributed by atoms with van der Waals surface area (Å²) in [6, 6.07) is 12.1. The lowest BCUT2D eigenvalue weighted by Crippen LogP contribution is -2.01. The maximum atomic E-state index is 11.7. The molecule has 2 aromatic rings. The number of carbonyl (C=O) groups is 2. The van der Waals surface area contributed by atoms with Crippen LogP contribution in [0, 0.1) is 0 Å². The van der Waals surface area contributed by atoms with Gasteiger partial charge in [-0.3, -0.25) is 4.79 Å². The predicted molar refractivity (Wildman–Crippen MR) is 78.2 cm³/mol. The van der Waals surface area contributed by atoms with E-state index < -0.39 is 0 Å². The Morgan fingerprint density at radius 1 is 1.05 bits per heavy atom. The van der Waals surface area contributed by atoms with Crippen LogP contribution >= 0.6 is 11.6 Å². The molecule has 0 radical (unpaired) electrons. The summed E-state index contributed by atoms with van der Waals surface area (Å²) in [4.78, 5) is 23.1. The minimum Gasteiger partial charge on any atom is -0.465 e. The van der Waals surface area contributed by atoms with Crippen molar-refractivity contribution in [3.63, 3.8) is 0 Å². The van der Waals surface area contributed by atoms with Crippen LogP contribution in [0.15, 0.2) is 42.5 Å². The van der Waals surface area contributed by atoms with E-state index in [1.165, 1.54) is 14.0 Å². The molecular weight excluding hydrogens is 276 g/mol. The predicted octanol–water partition coefficient (Wildman–Crippen LogP) is 4.00. The maximum absolute atomic E-state index is 11.7. The van der Waals surface area contributed by atoms with Crippen LogP contribution in [0.25, 0.3) is 11.1 Å². The molecule has 0 N–H and O–H groups in total. The average Bonchev–Trinajstić information content (AvgIpc) is 2.46. The number of hydrogen-bond donors (Lipinski definition) is 0. The Labute approximate surface area is 122 Å². The first kappa shape index (κ1) is 14.3. The van der Waals surface area contributed by atoms with Gasteiger partial charge in [-0.1, -0.05) is 29.8 Å². The smallest absolute Gasteiger partial charge is 0.337 e. The van der Waals surface area contributed by atoms with Crippen molar-refractivity contribution in [2.45, 2.75) is 6.92 Å². The zero-order chi connectivity index (χ0) is 14.7. The Balaban J connectivity index is 2.47. The minimum absolute atomic E-state index is 0.0560.